The molecule has 5 nitrogen and oxygen atoms in total. The van der Waals surface area contributed by atoms with E-state index in [2.05, 4.69) is 21.2 Å². The Morgan fingerprint density at radius 1 is 1.08 bits per heavy atom. The molecule has 0 unspecified atom stereocenters. The fourth-order valence-electron chi connectivity index (χ4n) is 4.52. The lowest BCUT2D eigenvalue weighted by molar-refractivity contribution is 0.116. The minimum Gasteiger partial charge on any atom is -0.493 e. The van der Waals surface area contributed by atoms with Crippen LogP contribution in [0.2, 0.25) is 0 Å². The Labute approximate surface area is 158 Å². The summed E-state index contributed by atoms with van der Waals surface area (Å²) in [6, 6.07) is 8.43. The molecule has 0 radical (unpaired) electrons. The van der Waals surface area contributed by atoms with Gasteiger partial charge in [-0.1, -0.05) is 0 Å². The number of aromatic nitrogens is 1. The highest BCUT2D eigenvalue weighted by atomic mass is 32.1. The van der Waals surface area contributed by atoms with Crippen LogP contribution in [0, 0.1) is 0 Å². The molecule has 0 spiro atoms. The highest BCUT2D eigenvalue weighted by Gasteiger charge is 2.47. The monoisotopic (exact) mass is 371 g/mol. The quantitative estimate of drug-likeness (QED) is 0.779. The van der Waals surface area contributed by atoms with Crippen LogP contribution in [0.5, 0.6) is 11.5 Å². The highest BCUT2D eigenvalue weighted by Crippen LogP contribution is 2.40. The molecule has 5 rings (SSSR count). The van der Waals surface area contributed by atoms with Crippen molar-refractivity contribution in [2.24, 2.45) is 0 Å². The third-order valence-corrected chi connectivity index (χ3v) is 6.90. The Kier molecular flexibility index (Phi) is 4.14. The van der Waals surface area contributed by atoms with Gasteiger partial charge in [0.05, 0.1) is 19.9 Å². The van der Waals surface area contributed by atoms with Crippen molar-refractivity contribution in [3.8, 4) is 22.1 Å². The second-order valence-electron chi connectivity index (χ2n) is 7.61. The van der Waals surface area contributed by atoms with Crippen molar-refractivity contribution in [3.63, 3.8) is 0 Å². The summed E-state index contributed by atoms with van der Waals surface area (Å²) >= 11 is 1.71. The first-order chi connectivity index (χ1) is 12.7. The van der Waals surface area contributed by atoms with Gasteiger partial charge in [0.1, 0.15) is 5.01 Å². The van der Waals surface area contributed by atoms with Crippen molar-refractivity contribution in [3.05, 3.63) is 29.3 Å². The molecule has 2 aromatic rings. The van der Waals surface area contributed by atoms with Gasteiger partial charge in [-0.15, -0.1) is 11.3 Å². The molecule has 0 N–H and O–H groups in total. The maximum atomic E-state index is 5.42. The van der Waals surface area contributed by atoms with Crippen LogP contribution in [-0.4, -0.2) is 60.2 Å². The molecule has 2 atom stereocenters. The number of fused-ring (bicyclic) bond motifs is 2. The molecule has 2 aliphatic heterocycles. The Bertz CT molecular complexity index is 804. The van der Waals surface area contributed by atoms with E-state index in [4.69, 9.17) is 14.5 Å². The Morgan fingerprint density at radius 2 is 1.92 bits per heavy atom. The molecular formula is C20H25N3O2S. The van der Waals surface area contributed by atoms with E-state index in [0.29, 0.717) is 0 Å². The Morgan fingerprint density at radius 3 is 2.62 bits per heavy atom. The topological polar surface area (TPSA) is 37.8 Å². The average Bonchev–Trinajstić information content (AvgIpc) is 3.10. The molecule has 1 aromatic carbocycles. The van der Waals surface area contributed by atoms with E-state index in [0.717, 1.165) is 46.7 Å². The predicted octanol–water partition coefficient (Wildman–Crippen LogP) is 3.25. The van der Waals surface area contributed by atoms with Gasteiger partial charge in [0.15, 0.2) is 11.5 Å². The summed E-state index contributed by atoms with van der Waals surface area (Å²) in [6.45, 7) is 3.45. The molecule has 1 aliphatic carbocycles. The van der Waals surface area contributed by atoms with Gasteiger partial charge in [-0.2, -0.15) is 0 Å². The van der Waals surface area contributed by atoms with Gasteiger partial charge in [-0.25, -0.2) is 4.98 Å². The molecule has 2 bridgehead atoms. The fourth-order valence-corrected chi connectivity index (χ4v) is 5.32. The van der Waals surface area contributed by atoms with Crippen molar-refractivity contribution in [2.45, 2.75) is 43.9 Å². The third kappa shape index (κ3) is 2.90. The number of likely N-dealkylation sites (tertiary alicyclic amines) is 2. The van der Waals surface area contributed by atoms with Gasteiger partial charge in [0.2, 0.25) is 0 Å². The number of methoxy groups -OCH3 is 2. The molecule has 1 aromatic heterocycles. The zero-order valence-electron chi connectivity index (χ0n) is 15.4. The van der Waals surface area contributed by atoms with Crippen molar-refractivity contribution in [1.82, 2.24) is 14.8 Å². The molecule has 1 saturated carbocycles. The first kappa shape index (κ1) is 16.5. The van der Waals surface area contributed by atoms with Crippen LogP contribution in [0.3, 0.4) is 0 Å². The second kappa shape index (κ2) is 6.51. The summed E-state index contributed by atoms with van der Waals surface area (Å²) in [4.78, 5) is 10.3. The van der Waals surface area contributed by atoms with Gasteiger partial charge in [0.25, 0.3) is 0 Å². The minimum absolute atomic E-state index is 0.729. The summed E-state index contributed by atoms with van der Waals surface area (Å²) in [5, 5.41) is 3.25. The van der Waals surface area contributed by atoms with Crippen molar-refractivity contribution >= 4 is 11.3 Å². The van der Waals surface area contributed by atoms with Gasteiger partial charge < -0.3 is 9.47 Å². The van der Waals surface area contributed by atoms with Crippen molar-refractivity contribution in [2.75, 3.05) is 27.3 Å². The number of thiazole rings is 1. The van der Waals surface area contributed by atoms with Crippen molar-refractivity contribution < 1.29 is 9.47 Å². The van der Waals surface area contributed by atoms with Crippen LogP contribution in [-0.2, 0) is 6.54 Å². The summed E-state index contributed by atoms with van der Waals surface area (Å²) in [5.41, 5.74) is 2.27. The smallest absolute Gasteiger partial charge is 0.161 e. The lowest BCUT2D eigenvalue weighted by Gasteiger charge is -2.33. The molecule has 6 heteroatoms. The van der Waals surface area contributed by atoms with Crippen LogP contribution < -0.4 is 9.47 Å². The van der Waals surface area contributed by atoms with Crippen molar-refractivity contribution in [1.29, 1.82) is 0 Å². The number of hydrogen-bond donors (Lipinski definition) is 0. The SMILES string of the molecule is COc1ccc(-c2nc(CN3C[C@@H]4C[C@H]3CN4C3CC3)cs2)cc1OC. The lowest BCUT2D eigenvalue weighted by Crippen LogP contribution is -2.46. The zero-order chi connectivity index (χ0) is 17.7. The van der Waals surface area contributed by atoms with Crippen LogP contribution in [0.1, 0.15) is 25.0 Å². The standard InChI is InChI=1S/C20H25N3O2S/c1-24-18-6-3-13(7-19(18)25-2)20-21-14(12-26-20)9-22-10-17-8-16(22)11-23(17)15-4-5-15/h3,6-7,12,15-17H,4-5,8-11H2,1-2H3/t16-,17-/m0/s1. The fraction of sp³-hybridized carbons (Fsp3) is 0.550. The number of nitrogens with zero attached hydrogens (tertiary/aromatic N) is 3. The van der Waals surface area contributed by atoms with Crippen LogP contribution in [0.25, 0.3) is 10.6 Å². The molecular weight excluding hydrogens is 346 g/mol. The van der Waals surface area contributed by atoms with Crippen LogP contribution >= 0.6 is 11.3 Å². The Balaban J connectivity index is 1.28. The average molecular weight is 372 g/mol. The van der Waals surface area contributed by atoms with E-state index in [1.54, 1.807) is 25.6 Å². The van der Waals surface area contributed by atoms with Crippen LogP contribution in [0.4, 0.5) is 0 Å². The first-order valence-electron chi connectivity index (χ1n) is 9.41. The van der Waals surface area contributed by atoms with E-state index < -0.39 is 0 Å². The lowest BCUT2D eigenvalue weighted by atomic mass is 10.2. The highest BCUT2D eigenvalue weighted by molar-refractivity contribution is 7.13. The maximum Gasteiger partial charge on any atom is 0.161 e. The second-order valence-corrected chi connectivity index (χ2v) is 8.47. The van der Waals surface area contributed by atoms with Gasteiger partial charge >= 0.3 is 0 Å². The first-order valence-corrected chi connectivity index (χ1v) is 10.3. The molecule has 138 valence electrons. The van der Waals surface area contributed by atoms with E-state index in [-0.39, 0.29) is 0 Å². The normalized spacial score (nSPS) is 25.8. The summed E-state index contributed by atoms with van der Waals surface area (Å²) in [6.07, 6.45) is 4.19. The molecule has 2 saturated heterocycles. The molecule has 3 heterocycles. The largest absolute Gasteiger partial charge is 0.493 e. The molecule has 26 heavy (non-hydrogen) atoms. The minimum atomic E-state index is 0.729. The number of ether oxygens (including phenoxy) is 2. The third-order valence-electron chi connectivity index (χ3n) is 5.96. The van der Waals surface area contributed by atoms with E-state index >= 15 is 0 Å². The summed E-state index contributed by atoms with van der Waals surface area (Å²) < 4.78 is 10.7. The van der Waals surface area contributed by atoms with Gasteiger partial charge in [0, 0.05) is 48.7 Å². The molecule has 0 amide bonds. The number of piperazine rings is 1. The van der Waals surface area contributed by atoms with E-state index in [1.165, 1.54) is 38.0 Å². The number of benzene rings is 1. The number of hydrogen-bond acceptors (Lipinski definition) is 6. The van der Waals surface area contributed by atoms with E-state index in [9.17, 15) is 0 Å². The Hall–Kier alpha value is -1.63. The number of rotatable bonds is 6. The summed E-state index contributed by atoms with van der Waals surface area (Å²) in [5.74, 6) is 1.50. The zero-order valence-corrected chi connectivity index (χ0v) is 16.2. The molecule has 3 aliphatic rings. The predicted molar refractivity (Wildman–Crippen MR) is 103 cm³/mol. The van der Waals surface area contributed by atoms with Gasteiger partial charge in [-0.3, -0.25) is 9.80 Å². The summed E-state index contributed by atoms with van der Waals surface area (Å²) in [7, 11) is 3.33. The maximum absolute atomic E-state index is 5.42. The van der Waals surface area contributed by atoms with Gasteiger partial charge in [-0.05, 0) is 37.5 Å². The molecule has 3 fully saturated rings. The van der Waals surface area contributed by atoms with E-state index in [1.807, 2.05) is 12.1 Å². The van der Waals surface area contributed by atoms with Crippen LogP contribution in [0.15, 0.2) is 23.6 Å².